The molecule has 0 bridgehead atoms. The number of phenolic OH excluding ortho intramolecular Hbond substituents is 1. The number of Topliss-reactive ketones (excluding diaryl/α,β-unsaturated/α-hetero) is 1. The van der Waals surface area contributed by atoms with Crippen LogP contribution in [-0.4, -0.2) is 54.1 Å². The molecule has 7 nitrogen and oxygen atoms in total. The Morgan fingerprint density at radius 1 is 1.43 bits per heavy atom. The first-order valence-corrected chi connectivity index (χ1v) is 7.05. The van der Waals surface area contributed by atoms with Crippen LogP contribution in [-0.2, 0) is 9.59 Å². The van der Waals surface area contributed by atoms with Crippen LogP contribution in [0.4, 0.5) is 0 Å². The van der Waals surface area contributed by atoms with E-state index in [-0.39, 0.29) is 35.0 Å². The number of benzene rings is 1. The summed E-state index contributed by atoms with van der Waals surface area (Å²) < 4.78 is 0. The van der Waals surface area contributed by atoms with Gasteiger partial charge in [-0.2, -0.15) is 0 Å². The summed E-state index contributed by atoms with van der Waals surface area (Å²) >= 11 is 0. The molecule has 0 aliphatic heterocycles. The molecule has 23 heavy (non-hydrogen) atoms. The Bertz CT molecular complexity index is 640. The van der Waals surface area contributed by atoms with Gasteiger partial charge in [0.1, 0.15) is 11.5 Å². The molecule has 0 heterocycles. The van der Waals surface area contributed by atoms with E-state index >= 15 is 0 Å². The summed E-state index contributed by atoms with van der Waals surface area (Å²) in [5.74, 6) is -0.641. The van der Waals surface area contributed by atoms with E-state index in [0.717, 1.165) is 0 Å². The lowest BCUT2D eigenvalue weighted by Crippen LogP contribution is -2.45. The van der Waals surface area contributed by atoms with Crippen LogP contribution in [0.1, 0.15) is 12.5 Å². The quantitative estimate of drug-likeness (QED) is 0.424. The number of rotatable bonds is 7. The van der Waals surface area contributed by atoms with E-state index in [1.165, 1.54) is 31.0 Å². The normalized spacial score (nSPS) is 12.6. The number of hydrogen-bond acceptors (Lipinski definition) is 6. The largest absolute Gasteiger partial charge is 0.507 e. The summed E-state index contributed by atoms with van der Waals surface area (Å²) in [7, 11) is 3.16. The zero-order chi connectivity index (χ0) is 17.6. The molecule has 0 aliphatic carbocycles. The number of carbonyl (C=O) groups excluding carboxylic acids is 2. The molecular formula is C16H22N4O3. The number of hydrogen-bond donors (Lipinski definition) is 4. The van der Waals surface area contributed by atoms with Gasteiger partial charge >= 0.3 is 0 Å². The average Bonchev–Trinajstić information content (AvgIpc) is 2.51. The summed E-state index contributed by atoms with van der Waals surface area (Å²) in [6.45, 7) is 1.61. The molecule has 0 saturated carbocycles. The van der Waals surface area contributed by atoms with Gasteiger partial charge in [-0.25, -0.2) is 0 Å². The lowest BCUT2D eigenvalue weighted by molar-refractivity contribution is -0.127. The number of likely N-dealkylation sites (N-methyl/N-ethyl adjacent to an activating group) is 2. The lowest BCUT2D eigenvalue weighted by Gasteiger charge is -2.22. The van der Waals surface area contributed by atoms with Crippen molar-refractivity contribution < 1.29 is 14.7 Å². The monoisotopic (exact) mass is 318 g/mol. The van der Waals surface area contributed by atoms with Gasteiger partial charge in [0.05, 0.1) is 17.5 Å². The molecule has 0 radical (unpaired) electrons. The van der Waals surface area contributed by atoms with Gasteiger partial charge in [0.15, 0.2) is 0 Å². The Morgan fingerprint density at radius 2 is 2.04 bits per heavy atom. The molecule has 0 saturated heterocycles. The molecule has 0 spiro atoms. The van der Waals surface area contributed by atoms with Crippen LogP contribution in [0.15, 0.2) is 36.0 Å². The van der Waals surface area contributed by atoms with Crippen LogP contribution in [0.5, 0.6) is 5.75 Å². The first-order valence-electron chi connectivity index (χ1n) is 7.05. The molecule has 0 aliphatic rings. The highest BCUT2D eigenvalue weighted by molar-refractivity contribution is 6.12. The molecule has 7 heteroatoms. The third-order valence-corrected chi connectivity index (χ3v) is 3.38. The van der Waals surface area contributed by atoms with Crippen molar-refractivity contribution in [3.8, 4) is 5.75 Å². The highest BCUT2D eigenvalue weighted by Gasteiger charge is 2.19. The highest BCUT2D eigenvalue weighted by Crippen LogP contribution is 2.16. The standard InChI is InChI=1S/C16H22N4O3/c1-10(21)14(19-2)9-20(3)16(23)13(18)8-12(17)11-6-4-5-7-15(11)22/h4-8,14,17,19,22H,9,18H2,1-3H3/b13-8-,17-12?. The molecule has 1 unspecified atom stereocenters. The number of amides is 1. The van der Waals surface area contributed by atoms with E-state index in [1.54, 1.807) is 25.2 Å². The van der Waals surface area contributed by atoms with Gasteiger partial charge in [0.2, 0.25) is 0 Å². The first kappa shape index (κ1) is 18.4. The topological polar surface area (TPSA) is 120 Å². The van der Waals surface area contributed by atoms with Crippen molar-refractivity contribution in [2.24, 2.45) is 5.73 Å². The van der Waals surface area contributed by atoms with E-state index in [1.807, 2.05) is 0 Å². The van der Waals surface area contributed by atoms with Crippen molar-refractivity contribution in [2.45, 2.75) is 13.0 Å². The number of ketones is 1. The minimum absolute atomic E-state index is 0.0609. The number of aromatic hydroxyl groups is 1. The molecule has 1 amide bonds. The second-order valence-corrected chi connectivity index (χ2v) is 5.17. The Morgan fingerprint density at radius 3 is 2.57 bits per heavy atom. The van der Waals surface area contributed by atoms with Crippen molar-refractivity contribution in [1.82, 2.24) is 10.2 Å². The van der Waals surface area contributed by atoms with Crippen molar-refractivity contribution >= 4 is 17.4 Å². The smallest absolute Gasteiger partial charge is 0.269 e. The van der Waals surface area contributed by atoms with Crippen LogP contribution in [0.3, 0.4) is 0 Å². The van der Waals surface area contributed by atoms with Crippen LogP contribution in [0.25, 0.3) is 0 Å². The highest BCUT2D eigenvalue weighted by atomic mass is 16.3. The van der Waals surface area contributed by atoms with Crippen molar-refractivity contribution in [3.63, 3.8) is 0 Å². The maximum Gasteiger partial charge on any atom is 0.269 e. The van der Waals surface area contributed by atoms with E-state index in [0.29, 0.717) is 0 Å². The second kappa shape index (κ2) is 8.09. The maximum atomic E-state index is 12.2. The zero-order valence-corrected chi connectivity index (χ0v) is 13.5. The number of para-hydroxylation sites is 1. The van der Waals surface area contributed by atoms with Crippen LogP contribution in [0, 0.1) is 5.41 Å². The molecule has 0 fully saturated rings. The number of nitrogens with two attached hydrogens (primary N) is 1. The van der Waals surface area contributed by atoms with E-state index in [4.69, 9.17) is 11.1 Å². The number of allylic oxidation sites excluding steroid dienone is 1. The molecule has 1 atom stereocenters. The third kappa shape index (κ3) is 4.93. The predicted octanol–water partition coefficient (Wildman–Crippen LogP) is 0.238. The molecule has 1 aromatic rings. The Hall–Kier alpha value is -2.67. The van der Waals surface area contributed by atoms with Crippen molar-refractivity contribution in [3.05, 3.63) is 41.6 Å². The fourth-order valence-electron chi connectivity index (χ4n) is 2.00. The van der Waals surface area contributed by atoms with Crippen molar-refractivity contribution in [2.75, 3.05) is 20.6 Å². The number of nitrogens with one attached hydrogen (secondary N) is 2. The minimum atomic E-state index is -0.494. The van der Waals surface area contributed by atoms with Gasteiger partial charge < -0.3 is 26.5 Å². The van der Waals surface area contributed by atoms with Crippen LogP contribution >= 0.6 is 0 Å². The first-order chi connectivity index (χ1) is 10.8. The Kier molecular flexibility index (Phi) is 6.47. The number of carbonyl (C=O) groups is 2. The molecule has 1 aromatic carbocycles. The van der Waals surface area contributed by atoms with Gasteiger partial charge in [-0.05, 0) is 32.2 Å². The predicted molar refractivity (Wildman–Crippen MR) is 88.4 cm³/mol. The lowest BCUT2D eigenvalue weighted by atomic mass is 10.1. The molecule has 124 valence electrons. The summed E-state index contributed by atoms with van der Waals surface area (Å²) in [4.78, 5) is 24.9. The average molecular weight is 318 g/mol. The van der Waals surface area contributed by atoms with E-state index < -0.39 is 11.9 Å². The Labute approximate surface area is 135 Å². The van der Waals surface area contributed by atoms with Gasteiger partial charge in [-0.15, -0.1) is 0 Å². The summed E-state index contributed by atoms with van der Waals surface area (Å²) in [6.07, 6.45) is 1.19. The maximum absolute atomic E-state index is 12.2. The second-order valence-electron chi connectivity index (χ2n) is 5.17. The summed E-state index contributed by atoms with van der Waals surface area (Å²) in [5, 5.41) is 20.5. The van der Waals surface area contributed by atoms with Crippen molar-refractivity contribution in [1.29, 1.82) is 5.41 Å². The van der Waals surface area contributed by atoms with Gasteiger partial charge in [-0.3, -0.25) is 9.59 Å². The molecule has 0 aromatic heterocycles. The summed E-state index contributed by atoms with van der Waals surface area (Å²) in [5.41, 5.74) is 5.81. The van der Waals surface area contributed by atoms with Gasteiger partial charge in [0, 0.05) is 19.2 Å². The molecule has 1 rings (SSSR count). The minimum Gasteiger partial charge on any atom is -0.507 e. The number of nitrogens with zero attached hydrogens (tertiary/aromatic N) is 1. The van der Waals surface area contributed by atoms with Crippen LogP contribution in [0.2, 0.25) is 0 Å². The van der Waals surface area contributed by atoms with E-state index in [2.05, 4.69) is 5.32 Å². The zero-order valence-electron chi connectivity index (χ0n) is 13.5. The molecular weight excluding hydrogens is 296 g/mol. The molecule has 5 N–H and O–H groups in total. The fraction of sp³-hybridized carbons (Fsp3) is 0.312. The Balaban J connectivity index is 2.85. The number of phenols is 1. The van der Waals surface area contributed by atoms with Crippen LogP contribution < -0.4 is 11.1 Å². The fourth-order valence-corrected chi connectivity index (χ4v) is 2.00. The third-order valence-electron chi connectivity index (χ3n) is 3.38. The van der Waals surface area contributed by atoms with E-state index in [9.17, 15) is 14.7 Å². The SMILES string of the molecule is CNC(CN(C)C(=O)/C(N)=C/C(=N)c1ccccc1O)C(C)=O. The summed E-state index contributed by atoms with van der Waals surface area (Å²) in [6, 6.07) is 5.84. The van der Waals surface area contributed by atoms with Gasteiger partial charge in [0.25, 0.3) is 5.91 Å². The van der Waals surface area contributed by atoms with Gasteiger partial charge in [-0.1, -0.05) is 12.1 Å².